The van der Waals surface area contributed by atoms with E-state index in [0.29, 0.717) is 28.6 Å². The van der Waals surface area contributed by atoms with Gasteiger partial charge in [0, 0.05) is 42.8 Å². The predicted molar refractivity (Wildman–Crippen MR) is 114 cm³/mol. The summed E-state index contributed by atoms with van der Waals surface area (Å²) in [5.74, 6) is -0.248. The highest BCUT2D eigenvalue weighted by Crippen LogP contribution is 2.35. The molecule has 0 aromatic heterocycles. The van der Waals surface area contributed by atoms with E-state index in [9.17, 15) is 19.7 Å². The van der Waals surface area contributed by atoms with Crippen molar-refractivity contribution in [2.75, 3.05) is 25.0 Å². The molecule has 0 unspecified atom stereocenters. The summed E-state index contributed by atoms with van der Waals surface area (Å²) in [6.45, 7) is 2.15. The Kier molecular flexibility index (Phi) is 6.06. The number of fused-ring (bicyclic) bond motifs is 1. The van der Waals surface area contributed by atoms with Crippen molar-refractivity contribution in [1.82, 2.24) is 10.2 Å². The number of benzene rings is 2. The number of nitrogens with one attached hydrogen (secondary N) is 2. The van der Waals surface area contributed by atoms with Crippen LogP contribution in [0.15, 0.2) is 36.4 Å². The highest BCUT2D eigenvalue weighted by Gasteiger charge is 2.26. The van der Waals surface area contributed by atoms with Crippen LogP contribution in [-0.4, -0.2) is 47.4 Å². The summed E-state index contributed by atoms with van der Waals surface area (Å²) in [5, 5.41) is 16.8. The zero-order valence-electron chi connectivity index (χ0n) is 16.6. The molecule has 2 aliphatic heterocycles. The van der Waals surface area contributed by atoms with Gasteiger partial charge in [-0.1, -0.05) is 23.7 Å². The Labute approximate surface area is 183 Å². The summed E-state index contributed by atoms with van der Waals surface area (Å²) in [5.41, 5.74) is 1.79. The molecule has 9 nitrogen and oxygen atoms in total. The Morgan fingerprint density at radius 2 is 1.97 bits per heavy atom. The first-order valence-electron chi connectivity index (χ1n) is 9.92. The second-order valence-electron chi connectivity index (χ2n) is 7.61. The fraction of sp³-hybridized carbons (Fsp3) is 0.333. The van der Waals surface area contributed by atoms with Crippen LogP contribution >= 0.6 is 11.6 Å². The minimum Gasteiger partial charge on any atom is -0.481 e. The number of hydrogen-bond acceptors (Lipinski definition) is 6. The standard InChI is InChI=1S/C21H21ClN4O5/c22-14-9-17(20-18(10-14)24-19(27)12-31-20)21(28)23-15-5-7-25(8-6-15)11-13-1-3-16(4-2-13)26(29)30/h1-4,9-10,15H,5-8,11-12H2,(H,23,28)(H,24,27). The third-order valence-corrected chi connectivity index (χ3v) is 5.61. The molecule has 1 saturated heterocycles. The Balaban J connectivity index is 1.33. The number of hydrogen-bond donors (Lipinski definition) is 2. The van der Waals surface area contributed by atoms with Gasteiger partial charge in [0.15, 0.2) is 12.4 Å². The highest BCUT2D eigenvalue weighted by atomic mass is 35.5. The molecule has 0 bridgehead atoms. The van der Waals surface area contributed by atoms with Gasteiger partial charge in [-0.3, -0.25) is 24.6 Å². The van der Waals surface area contributed by atoms with Crippen LogP contribution in [0.5, 0.6) is 5.75 Å². The van der Waals surface area contributed by atoms with E-state index < -0.39 is 4.92 Å². The van der Waals surface area contributed by atoms with Crippen molar-refractivity contribution in [2.45, 2.75) is 25.4 Å². The molecule has 0 saturated carbocycles. The van der Waals surface area contributed by atoms with Crippen molar-refractivity contribution < 1.29 is 19.2 Å². The van der Waals surface area contributed by atoms with Gasteiger partial charge in [-0.25, -0.2) is 0 Å². The number of amides is 2. The predicted octanol–water partition coefficient (Wildman–Crippen LogP) is 2.97. The first-order chi connectivity index (χ1) is 14.9. The van der Waals surface area contributed by atoms with Crippen LogP contribution in [0.1, 0.15) is 28.8 Å². The highest BCUT2D eigenvalue weighted by molar-refractivity contribution is 6.31. The van der Waals surface area contributed by atoms with E-state index in [4.69, 9.17) is 16.3 Å². The van der Waals surface area contributed by atoms with Gasteiger partial charge in [0.05, 0.1) is 16.2 Å². The van der Waals surface area contributed by atoms with E-state index in [-0.39, 0.29) is 30.2 Å². The molecular formula is C21H21ClN4O5. The normalized spacial score (nSPS) is 16.7. The van der Waals surface area contributed by atoms with Crippen molar-refractivity contribution in [3.05, 3.63) is 62.7 Å². The summed E-state index contributed by atoms with van der Waals surface area (Å²) in [6, 6.07) is 9.67. The molecule has 0 atom stereocenters. The number of nitro groups is 1. The molecule has 0 aliphatic carbocycles. The monoisotopic (exact) mass is 444 g/mol. The third kappa shape index (κ3) is 4.95. The number of anilines is 1. The zero-order valence-corrected chi connectivity index (χ0v) is 17.4. The lowest BCUT2D eigenvalue weighted by Crippen LogP contribution is -2.44. The molecule has 162 valence electrons. The second kappa shape index (κ2) is 8.91. The lowest BCUT2D eigenvalue weighted by Gasteiger charge is -2.32. The van der Waals surface area contributed by atoms with Gasteiger partial charge in [-0.2, -0.15) is 0 Å². The van der Waals surface area contributed by atoms with Gasteiger partial charge in [-0.15, -0.1) is 0 Å². The smallest absolute Gasteiger partial charge is 0.269 e. The van der Waals surface area contributed by atoms with Crippen molar-refractivity contribution in [3.63, 3.8) is 0 Å². The topological polar surface area (TPSA) is 114 Å². The second-order valence-corrected chi connectivity index (χ2v) is 8.05. The Morgan fingerprint density at radius 3 is 2.65 bits per heavy atom. The molecule has 31 heavy (non-hydrogen) atoms. The average molecular weight is 445 g/mol. The van der Waals surface area contributed by atoms with Crippen LogP contribution in [0.3, 0.4) is 0 Å². The molecular weight excluding hydrogens is 424 g/mol. The van der Waals surface area contributed by atoms with Gasteiger partial charge >= 0.3 is 0 Å². The summed E-state index contributed by atoms with van der Waals surface area (Å²) in [7, 11) is 0. The van der Waals surface area contributed by atoms with E-state index >= 15 is 0 Å². The van der Waals surface area contributed by atoms with Gasteiger partial charge in [-0.05, 0) is 30.5 Å². The lowest BCUT2D eigenvalue weighted by atomic mass is 10.0. The van der Waals surface area contributed by atoms with E-state index in [1.165, 1.54) is 18.2 Å². The van der Waals surface area contributed by atoms with Gasteiger partial charge in [0.2, 0.25) is 0 Å². The number of carbonyl (C=O) groups is 2. The Hall–Kier alpha value is -3.17. The number of nitrogens with zero attached hydrogens (tertiary/aromatic N) is 2. The van der Waals surface area contributed by atoms with Crippen LogP contribution in [0.2, 0.25) is 5.02 Å². The quantitative estimate of drug-likeness (QED) is 0.541. The van der Waals surface area contributed by atoms with Crippen molar-refractivity contribution in [1.29, 1.82) is 0 Å². The molecule has 10 heteroatoms. The number of rotatable bonds is 5. The Morgan fingerprint density at radius 1 is 1.26 bits per heavy atom. The summed E-state index contributed by atoms with van der Waals surface area (Å²) >= 11 is 6.11. The molecule has 2 aliphatic rings. The number of piperidine rings is 1. The van der Waals surface area contributed by atoms with Crippen LogP contribution < -0.4 is 15.4 Å². The lowest BCUT2D eigenvalue weighted by molar-refractivity contribution is -0.384. The van der Waals surface area contributed by atoms with Gasteiger partial charge in [0.25, 0.3) is 17.5 Å². The average Bonchev–Trinajstić information content (AvgIpc) is 2.74. The van der Waals surface area contributed by atoms with Crippen LogP contribution in [0.4, 0.5) is 11.4 Å². The number of carbonyl (C=O) groups excluding carboxylic acids is 2. The molecule has 1 fully saturated rings. The van der Waals surface area contributed by atoms with E-state index in [2.05, 4.69) is 15.5 Å². The summed E-state index contributed by atoms with van der Waals surface area (Å²) < 4.78 is 5.46. The Bertz CT molecular complexity index is 1020. The zero-order chi connectivity index (χ0) is 22.0. The minimum atomic E-state index is -0.409. The van der Waals surface area contributed by atoms with Crippen LogP contribution in [0.25, 0.3) is 0 Å². The number of non-ortho nitro benzene ring substituents is 1. The number of halogens is 1. The van der Waals surface area contributed by atoms with Crippen molar-refractivity contribution >= 4 is 34.8 Å². The third-order valence-electron chi connectivity index (χ3n) is 5.40. The summed E-state index contributed by atoms with van der Waals surface area (Å²) in [4.78, 5) is 37.0. The first-order valence-corrected chi connectivity index (χ1v) is 10.3. The molecule has 2 aromatic carbocycles. The molecule has 2 aromatic rings. The number of ether oxygens (including phenoxy) is 1. The molecule has 2 amide bonds. The minimum absolute atomic E-state index is 0.00780. The fourth-order valence-corrected chi connectivity index (χ4v) is 4.03. The fourth-order valence-electron chi connectivity index (χ4n) is 3.81. The van der Waals surface area contributed by atoms with Crippen LogP contribution in [0, 0.1) is 10.1 Å². The molecule has 2 N–H and O–H groups in total. The van der Waals surface area contributed by atoms with Crippen molar-refractivity contribution in [2.24, 2.45) is 0 Å². The van der Waals surface area contributed by atoms with Gasteiger partial charge < -0.3 is 15.4 Å². The summed E-state index contributed by atoms with van der Waals surface area (Å²) in [6.07, 6.45) is 1.55. The van der Waals surface area contributed by atoms with E-state index in [0.717, 1.165) is 31.5 Å². The van der Waals surface area contributed by atoms with Crippen molar-refractivity contribution in [3.8, 4) is 5.75 Å². The molecule has 0 spiro atoms. The largest absolute Gasteiger partial charge is 0.481 e. The molecule has 4 rings (SSSR count). The first kappa shape index (κ1) is 21.1. The molecule has 2 heterocycles. The number of nitro benzene ring substituents is 1. The maximum atomic E-state index is 12.8. The SMILES string of the molecule is O=C1COc2c(cc(Cl)cc2C(=O)NC2CCN(Cc3ccc([N+](=O)[O-])cc3)CC2)N1. The number of likely N-dealkylation sites (tertiary alicyclic amines) is 1. The van der Waals surface area contributed by atoms with Gasteiger partial charge in [0.1, 0.15) is 0 Å². The van der Waals surface area contributed by atoms with Crippen LogP contribution in [-0.2, 0) is 11.3 Å². The maximum absolute atomic E-state index is 12.8. The maximum Gasteiger partial charge on any atom is 0.269 e. The van der Waals surface area contributed by atoms with E-state index in [1.54, 1.807) is 18.2 Å². The van der Waals surface area contributed by atoms with E-state index in [1.807, 2.05) is 0 Å². The molecule has 0 radical (unpaired) electrons.